The normalized spacial score (nSPS) is 10.4. The van der Waals surface area contributed by atoms with Crippen LogP contribution < -0.4 is 14.8 Å². The van der Waals surface area contributed by atoms with Crippen molar-refractivity contribution in [1.29, 1.82) is 0 Å². The highest BCUT2D eigenvalue weighted by atomic mass is 16.6. The van der Waals surface area contributed by atoms with Gasteiger partial charge in [0, 0.05) is 11.6 Å². The van der Waals surface area contributed by atoms with Gasteiger partial charge in [0.1, 0.15) is 23.9 Å². The lowest BCUT2D eigenvalue weighted by Crippen LogP contribution is -2.16. The Labute approximate surface area is 160 Å². The standard InChI is InChI=1S/C19H18N4O5/c1-27-15-7-8-18(28-2)17(9-15)21-19(24)16-6-4-3-5-13(16)11-22-12-14(10-20-22)23(25)26/h3-10,12H,11H2,1-2H3,(H,21,24). The van der Waals surface area contributed by atoms with Crippen molar-refractivity contribution in [3.63, 3.8) is 0 Å². The number of rotatable bonds is 7. The van der Waals surface area contributed by atoms with Gasteiger partial charge < -0.3 is 14.8 Å². The van der Waals surface area contributed by atoms with E-state index in [2.05, 4.69) is 10.4 Å². The van der Waals surface area contributed by atoms with Gasteiger partial charge >= 0.3 is 5.69 Å². The Balaban J connectivity index is 1.86. The molecule has 0 atom stereocenters. The van der Waals surface area contributed by atoms with Crippen molar-refractivity contribution >= 4 is 17.3 Å². The number of carbonyl (C=O) groups excluding carboxylic acids is 1. The summed E-state index contributed by atoms with van der Waals surface area (Å²) in [5.41, 5.74) is 1.45. The van der Waals surface area contributed by atoms with E-state index in [0.29, 0.717) is 28.3 Å². The average Bonchev–Trinajstić information content (AvgIpc) is 3.17. The monoisotopic (exact) mass is 382 g/mol. The SMILES string of the molecule is COc1ccc(OC)c(NC(=O)c2ccccc2Cn2cc([N+](=O)[O-])cn2)c1. The van der Waals surface area contributed by atoms with Gasteiger partial charge in [0.2, 0.25) is 0 Å². The van der Waals surface area contributed by atoms with Gasteiger partial charge in [0.25, 0.3) is 5.91 Å². The molecule has 0 aliphatic heterocycles. The summed E-state index contributed by atoms with van der Waals surface area (Å²) in [6.07, 6.45) is 2.49. The van der Waals surface area contributed by atoms with Gasteiger partial charge in [-0.05, 0) is 23.8 Å². The highest BCUT2D eigenvalue weighted by Gasteiger charge is 2.16. The summed E-state index contributed by atoms with van der Waals surface area (Å²) >= 11 is 0. The summed E-state index contributed by atoms with van der Waals surface area (Å²) in [5.74, 6) is 0.728. The van der Waals surface area contributed by atoms with Gasteiger partial charge in [-0.25, -0.2) is 0 Å². The quantitative estimate of drug-likeness (QED) is 0.497. The van der Waals surface area contributed by atoms with E-state index in [1.807, 2.05) is 0 Å². The molecular weight excluding hydrogens is 364 g/mol. The third-order valence-corrected chi connectivity index (χ3v) is 4.08. The molecule has 1 heterocycles. The molecule has 3 aromatic rings. The highest BCUT2D eigenvalue weighted by molar-refractivity contribution is 6.06. The number of anilines is 1. The molecule has 1 aromatic heterocycles. The first-order valence-electron chi connectivity index (χ1n) is 8.30. The smallest absolute Gasteiger partial charge is 0.307 e. The first kappa shape index (κ1) is 18.9. The van der Waals surface area contributed by atoms with Crippen LogP contribution in [-0.2, 0) is 6.54 Å². The van der Waals surface area contributed by atoms with E-state index in [1.165, 1.54) is 31.3 Å². The van der Waals surface area contributed by atoms with E-state index in [0.717, 1.165) is 0 Å². The molecule has 0 saturated carbocycles. The van der Waals surface area contributed by atoms with Crippen LogP contribution in [0.2, 0.25) is 0 Å². The summed E-state index contributed by atoms with van der Waals surface area (Å²) in [4.78, 5) is 23.2. The van der Waals surface area contributed by atoms with Crippen LogP contribution in [0, 0.1) is 10.1 Å². The van der Waals surface area contributed by atoms with E-state index in [1.54, 1.807) is 42.5 Å². The second kappa shape index (κ2) is 8.21. The highest BCUT2D eigenvalue weighted by Crippen LogP contribution is 2.29. The summed E-state index contributed by atoms with van der Waals surface area (Å²) in [5, 5.41) is 17.6. The largest absolute Gasteiger partial charge is 0.497 e. The predicted octanol–water partition coefficient (Wildman–Crippen LogP) is 3.11. The van der Waals surface area contributed by atoms with Gasteiger partial charge in [-0.15, -0.1) is 0 Å². The van der Waals surface area contributed by atoms with Crippen molar-refractivity contribution in [1.82, 2.24) is 9.78 Å². The summed E-state index contributed by atoms with van der Waals surface area (Å²) in [7, 11) is 3.04. The van der Waals surface area contributed by atoms with E-state index < -0.39 is 4.92 Å². The Hall–Kier alpha value is -3.88. The molecule has 0 radical (unpaired) electrons. The number of nitrogens with zero attached hydrogens (tertiary/aromatic N) is 3. The molecule has 28 heavy (non-hydrogen) atoms. The molecular formula is C19H18N4O5. The number of amides is 1. The maximum atomic E-state index is 12.9. The fraction of sp³-hybridized carbons (Fsp3) is 0.158. The van der Waals surface area contributed by atoms with Crippen LogP contribution in [0.1, 0.15) is 15.9 Å². The fourth-order valence-corrected chi connectivity index (χ4v) is 2.69. The van der Waals surface area contributed by atoms with Gasteiger partial charge in [0.15, 0.2) is 0 Å². The molecule has 0 fully saturated rings. The molecule has 1 N–H and O–H groups in total. The Morgan fingerprint density at radius 3 is 2.68 bits per heavy atom. The van der Waals surface area contributed by atoms with Crippen molar-refractivity contribution in [3.8, 4) is 11.5 Å². The Morgan fingerprint density at radius 1 is 1.21 bits per heavy atom. The van der Waals surface area contributed by atoms with Crippen molar-refractivity contribution in [2.45, 2.75) is 6.54 Å². The maximum Gasteiger partial charge on any atom is 0.307 e. The zero-order valence-electron chi connectivity index (χ0n) is 15.3. The second-order valence-electron chi connectivity index (χ2n) is 5.83. The zero-order valence-corrected chi connectivity index (χ0v) is 15.3. The molecule has 0 spiro atoms. The van der Waals surface area contributed by atoms with Crippen LogP contribution in [0.4, 0.5) is 11.4 Å². The van der Waals surface area contributed by atoms with E-state index >= 15 is 0 Å². The van der Waals surface area contributed by atoms with E-state index in [-0.39, 0.29) is 18.1 Å². The van der Waals surface area contributed by atoms with E-state index in [4.69, 9.17) is 9.47 Å². The van der Waals surface area contributed by atoms with Crippen LogP contribution >= 0.6 is 0 Å². The first-order valence-corrected chi connectivity index (χ1v) is 8.30. The fourth-order valence-electron chi connectivity index (χ4n) is 2.69. The number of ether oxygens (including phenoxy) is 2. The average molecular weight is 382 g/mol. The maximum absolute atomic E-state index is 12.9. The molecule has 0 aliphatic carbocycles. The van der Waals surface area contributed by atoms with E-state index in [9.17, 15) is 14.9 Å². The van der Waals surface area contributed by atoms with Gasteiger partial charge in [-0.1, -0.05) is 18.2 Å². The van der Waals surface area contributed by atoms with Gasteiger partial charge in [-0.2, -0.15) is 5.10 Å². The summed E-state index contributed by atoms with van der Waals surface area (Å²) in [6, 6.07) is 12.1. The predicted molar refractivity (Wildman–Crippen MR) is 102 cm³/mol. The molecule has 0 saturated heterocycles. The first-order chi connectivity index (χ1) is 13.5. The van der Waals surface area contributed by atoms with Crippen LogP contribution in [-0.4, -0.2) is 34.8 Å². The molecule has 9 nitrogen and oxygen atoms in total. The number of methoxy groups -OCH3 is 2. The van der Waals surface area contributed by atoms with Crippen molar-refractivity contribution in [2.75, 3.05) is 19.5 Å². The van der Waals surface area contributed by atoms with Crippen LogP contribution in [0.25, 0.3) is 0 Å². The minimum absolute atomic E-state index is 0.108. The molecule has 0 unspecified atom stereocenters. The molecule has 3 rings (SSSR count). The zero-order chi connectivity index (χ0) is 20.1. The third-order valence-electron chi connectivity index (χ3n) is 4.08. The summed E-state index contributed by atoms with van der Waals surface area (Å²) in [6.45, 7) is 0.215. The van der Waals surface area contributed by atoms with Gasteiger partial charge in [0.05, 0.1) is 31.4 Å². The molecule has 2 aromatic carbocycles. The Bertz CT molecular complexity index is 1020. The number of nitro groups is 1. The molecule has 1 amide bonds. The molecule has 9 heteroatoms. The molecule has 0 aliphatic rings. The van der Waals surface area contributed by atoms with Gasteiger partial charge in [-0.3, -0.25) is 19.6 Å². The number of benzene rings is 2. The minimum Gasteiger partial charge on any atom is -0.497 e. The Kier molecular flexibility index (Phi) is 5.54. The van der Waals surface area contributed by atoms with Crippen LogP contribution in [0.3, 0.4) is 0 Å². The topological polar surface area (TPSA) is 109 Å². The van der Waals surface area contributed by atoms with Crippen LogP contribution in [0.5, 0.6) is 11.5 Å². The van der Waals surface area contributed by atoms with Crippen molar-refractivity contribution in [3.05, 3.63) is 76.1 Å². The third kappa shape index (κ3) is 4.09. The number of carbonyl (C=O) groups is 1. The number of aromatic nitrogens is 2. The van der Waals surface area contributed by atoms with Crippen molar-refractivity contribution in [2.24, 2.45) is 0 Å². The summed E-state index contributed by atoms with van der Waals surface area (Å²) < 4.78 is 11.9. The molecule has 0 bridgehead atoms. The lowest BCUT2D eigenvalue weighted by Gasteiger charge is -2.13. The van der Waals surface area contributed by atoms with Crippen molar-refractivity contribution < 1.29 is 19.2 Å². The number of nitrogens with one attached hydrogen (secondary N) is 1. The number of hydrogen-bond acceptors (Lipinski definition) is 6. The minimum atomic E-state index is -0.517. The Morgan fingerprint density at radius 2 is 2.00 bits per heavy atom. The lowest BCUT2D eigenvalue weighted by atomic mass is 10.1. The lowest BCUT2D eigenvalue weighted by molar-refractivity contribution is -0.385. The molecule has 144 valence electrons. The second-order valence-corrected chi connectivity index (χ2v) is 5.83. The van der Waals surface area contributed by atoms with Crippen LogP contribution in [0.15, 0.2) is 54.9 Å². The number of hydrogen-bond donors (Lipinski definition) is 1.